The Morgan fingerprint density at radius 1 is 1.05 bits per heavy atom. The highest BCUT2D eigenvalue weighted by molar-refractivity contribution is 9.10. The lowest BCUT2D eigenvalue weighted by Gasteiger charge is -2.20. The summed E-state index contributed by atoms with van der Waals surface area (Å²) in [5.41, 5.74) is 2.55. The van der Waals surface area contributed by atoms with Gasteiger partial charge >= 0.3 is 0 Å². The van der Waals surface area contributed by atoms with Crippen molar-refractivity contribution in [2.75, 3.05) is 6.54 Å². The summed E-state index contributed by atoms with van der Waals surface area (Å²) >= 11 is 9.81. The third-order valence-corrected chi connectivity index (χ3v) is 4.44. The van der Waals surface area contributed by atoms with Crippen LogP contribution in [0, 0.1) is 0 Å². The zero-order valence-corrected chi connectivity index (χ0v) is 14.8. The van der Waals surface area contributed by atoms with E-state index in [0.717, 1.165) is 22.5 Å². The second-order valence-corrected chi connectivity index (χ2v) is 6.93. The van der Waals surface area contributed by atoms with Gasteiger partial charge in [0.05, 0.1) is 0 Å². The molecule has 0 aromatic heterocycles. The number of hydrogen-bond donors (Lipinski definition) is 1. The minimum atomic E-state index is 0.417. The first-order valence-corrected chi connectivity index (χ1v) is 8.45. The quantitative estimate of drug-likeness (QED) is 0.719. The van der Waals surface area contributed by atoms with Crippen molar-refractivity contribution >= 4 is 27.5 Å². The van der Waals surface area contributed by atoms with Gasteiger partial charge in [0.2, 0.25) is 0 Å². The fourth-order valence-corrected chi connectivity index (χ4v) is 2.83. The molecule has 0 saturated carbocycles. The van der Waals surface area contributed by atoms with Crippen molar-refractivity contribution in [3.8, 4) is 0 Å². The minimum Gasteiger partial charge on any atom is -0.314 e. The standard InChI is InChI=1S/C18H21BrClN/c1-13(2)21-12-16(14-7-9-17(19)10-8-14)11-15-5-3-4-6-18(15)20/h3-10,13,16,21H,11-12H2,1-2H3. The van der Waals surface area contributed by atoms with Crippen LogP contribution in [0.1, 0.15) is 30.9 Å². The third-order valence-electron chi connectivity index (χ3n) is 3.54. The van der Waals surface area contributed by atoms with Gasteiger partial charge < -0.3 is 5.32 Å². The molecule has 3 heteroatoms. The van der Waals surface area contributed by atoms with Crippen molar-refractivity contribution in [1.29, 1.82) is 0 Å². The first-order chi connectivity index (χ1) is 10.1. The van der Waals surface area contributed by atoms with E-state index >= 15 is 0 Å². The highest BCUT2D eigenvalue weighted by atomic mass is 79.9. The number of halogens is 2. The van der Waals surface area contributed by atoms with Crippen LogP contribution < -0.4 is 5.32 Å². The van der Waals surface area contributed by atoms with Gasteiger partial charge in [-0.15, -0.1) is 0 Å². The summed E-state index contributed by atoms with van der Waals surface area (Å²) in [7, 11) is 0. The maximum absolute atomic E-state index is 6.32. The number of nitrogens with one attached hydrogen (secondary N) is 1. The molecule has 2 rings (SSSR count). The average Bonchev–Trinajstić information content (AvgIpc) is 2.46. The maximum Gasteiger partial charge on any atom is 0.0438 e. The fourth-order valence-electron chi connectivity index (χ4n) is 2.35. The molecular formula is C18H21BrClN. The van der Waals surface area contributed by atoms with Crippen LogP contribution in [-0.4, -0.2) is 12.6 Å². The van der Waals surface area contributed by atoms with E-state index in [1.54, 1.807) is 0 Å². The molecule has 0 amide bonds. The SMILES string of the molecule is CC(C)NCC(Cc1ccccc1Cl)c1ccc(Br)cc1. The molecule has 21 heavy (non-hydrogen) atoms. The van der Waals surface area contributed by atoms with Gasteiger partial charge in [-0.2, -0.15) is 0 Å². The zero-order valence-electron chi connectivity index (χ0n) is 12.4. The lowest BCUT2D eigenvalue weighted by molar-refractivity contribution is 0.527. The topological polar surface area (TPSA) is 12.0 Å². The summed E-state index contributed by atoms with van der Waals surface area (Å²) in [5.74, 6) is 0.417. The van der Waals surface area contributed by atoms with Crippen LogP contribution in [0.15, 0.2) is 53.0 Å². The van der Waals surface area contributed by atoms with E-state index in [4.69, 9.17) is 11.6 Å². The molecule has 2 aromatic rings. The maximum atomic E-state index is 6.32. The molecule has 0 aliphatic heterocycles. The largest absolute Gasteiger partial charge is 0.314 e. The fraction of sp³-hybridized carbons (Fsp3) is 0.333. The van der Waals surface area contributed by atoms with Crippen molar-refractivity contribution in [3.63, 3.8) is 0 Å². The zero-order chi connectivity index (χ0) is 15.2. The van der Waals surface area contributed by atoms with Gasteiger partial charge in [-0.1, -0.05) is 71.7 Å². The number of hydrogen-bond acceptors (Lipinski definition) is 1. The molecule has 0 aliphatic carbocycles. The summed E-state index contributed by atoms with van der Waals surface area (Å²) < 4.78 is 1.11. The van der Waals surface area contributed by atoms with E-state index in [1.165, 1.54) is 11.1 Å². The molecule has 0 radical (unpaired) electrons. The molecule has 0 heterocycles. The van der Waals surface area contributed by atoms with Gasteiger partial charge in [-0.25, -0.2) is 0 Å². The van der Waals surface area contributed by atoms with Gasteiger partial charge in [-0.3, -0.25) is 0 Å². The predicted molar refractivity (Wildman–Crippen MR) is 95.2 cm³/mol. The molecule has 1 atom stereocenters. The van der Waals surface area contributed by atoms with E-state index in [-0.39, 0.29) is 0 Å². The van der Waals surface area contributed by atoms with E-state index in [1.807, 2.05) is 12.1 Å². The molecular weight excluding hydrogens is 346 g/mol. The lowest BCUT2D eigenvalue weighted by atomic mass is 9.91. The van der Waals surface area contributed by atoms with E-state index in [2.05, 4.69) is 71.5 Å². The number of benzene rings is 2. The summed E-state index contributed by atoms with van der Waals surface area (Å²) in [6.45, 7) is 5.30. The highest BCUT2D eigenvalue weighted by Crippen LogP contribution is 2.26. The Balaban J connectivity index is 2.19. The van der Waals surface area contributed by atoms with Crippen molar-refractivity contribution in [3.05, 3.63) is 69.2 Å². The highest BCUT2D eigenvalue weighted by Gasteiger charge is 2.14. The molecule has 0 aliphatic rings. The lowest BCUT2D eigenvalue weighted by Crippen LogP contribution is -2.29. The Kier molecular flexibility index (Phi) is 6.28. The molecule has 0 fully saturated rings. The third kappa shape index (κ3) is 5.14. The van der Waals surface area contributed by atoms with E-state index < -0.39 is 0 Å². The van der Waals surface area contributed by atoms with Gasteiger partial charge in [0.15, 0.2) is 0 Å². The second-order valence-electron chi connectivity index (χ2n) is 5.61. The van der Waals surface area contributed by atoms with Crippen molar-refractivity contribution < 1.29 is 0 Å². The van der Waals surface area contributed by atoms with E-state index in [0.29, 0.717) is 12.0 Å². The summed E-state index contributed by atoms with van der Waals surface area (Å²) in [6.07, 6.45) is 0.945. The van der Waals surface area contributed by atoms with Crippen molar-refractivity contribution in [1.82, 2.24) is 5.32 Å². The molecule has 112 valence electrons. The Labute approximate surface area is 140 Å². The van der Waals surface area contributed by atoms with Gasteiger partial charge in [0.1, 0.15) is 0 Å². The summed E-state index contributed by atoms with van der Waals surface area (Å²) in [6, 6.07) is 17.2. The summed E-state index contributed by atoms with van der Waals surface area (Å²) in [4.78, 5) is 0. The molecule has 1 unspecified atom stereocenters. The van der Waals surface area contributed by atoms with Gasteiger partial charge in [0.25, 0.3) is 0 Å². The first kappa shape index (κ1) is 16.5. The van der Waals surface area contributed by atoms with Crippen molar-refractivity contribution in [2.45, 2.75) is 32.2 Å². The Hall–Kier alpha value is -0.830. The predicted octanol–water partition coefficient (Wildman–Crippen LogP) is 5.43. The Bertz CT molecular complexity index is 566. The molecule has 1 nitrogen and oxygen atoms in total. The van der Waals surface area contributed by atoms with Crippen LogP contribution in [0.5, 0.6) is 0 Å². The molecule has 0 saturated heterocycles. The van der Waals surface area contributed by atoms with Gasteiger partial charge in [-0.05, 0) is 35.7 Å². The molecule has 2 aromatic carbocycles. The molecule has 0 bridgehead atoms. The summed E-state index contributed by atoms with van der Waals surface area (Å²) in [5, 5.41) is 4.39. The Morgan fingerprint density at radius 2 is 1.71 bits per heavy atom. The minimum absolute atomic E-state index is 0.417. The van der Waals surface area contributed by atoms with Crippen LogP contribution in [0.3, 0.4) is 0 Å². The second kappa shape index (κ2) is 7.98. The van der Waals surface area contributed by atoms with Crippen LogP contribution >= 0.6 is 27.5 Å². The van der Waals surface area contributed by atoms with Crippen LogP contribution in [0.25, 0.3) is 0 Å². The first-order valence-electron chi connectivity index (χ1n) is 7.28. The average molecular weight is 367 g/mol. The van der Waals surface area contributed by atoms with Gasteiger partial charge in [0, 0.05) is 28.0 Å². The Morgan fingerprint density at radius 3 is 2.33 bits per heavy atom. The number of rotatable bonds is 6. The van der Waals surface area contributed by atoms with E-state index in [9.17, 15) is 0 Å². The monoisotopic (exact) mass is 365 g/mol. The van der Waals surface area contributed by atoms with Crippen molar-refractivity contribution in [2.24, 2.45) is 0 Å². The van der Waals surface area contributed by atoms with Crippen LogP contribution in [0.2, 0.25) is 5.02 Å². The normalized spacial score (nSPS) is 12.6. The van der Waals surface area contributed by atoms with Crippen LogP contribution in [-0.2, 0) is 6.42 Å². The molecule has 0 spiro atoms. The smallest absolute Gasteiger partial charge is 0.0438 e. The molecule has 1 N–H and O–H groups in total. The van der Waals surface area contributed by atoms with Crippen LogP contribution in [0.4, 0.5) is 0 Å².